The lowest BCUT2D eigenvalue weighted by Crippen LogP contribution is -2.56. The molecular formula is C5H12ClNO. The molecule has 0 aromatic rings. The molecule has 1 fully saturated rings. The number of hydrogen-bond donors (Lipinski definition) is 1. The second kappa shape index (κ2) is 3.28. The molecule has 2 nitrogen and oxygen atoms in total. The van der Waals surface area contributed by atoms with Gasteiger partial charge in [0.1, 0.15) is 0 Å². The average molecular weight is 138 g/mol. The fourth-order valence-electron chi connectivity index (χ4n) is 0.737. The Morgan fingerprint density at radius 1 is 1.62 bits per heavy atom. The number of hydrogen-bond acceptors (Lipinski definition) is 2. The van der Waals surface area contributed by atoms with Crippen LogP contribution in [0.5, 0.6) is 0 Å². The van der Waals surface area contributed by atoms with Crippen LogP contribution in [0.3, 0.4) is 0 Å². The highest BCUT2D eigenvalue weighted by atomic mass is 35.5. The third-order valence-corrected chi connectivity index (χ3v) is 1.50. The summed E-state index contributed by atoms with van der Waals surface area (Å²) in [6.45, 7) is 3.15. The summed E-state index contributed by atoms with van der Waals surface area (Å²) in [4.78, 5) is 0. The topological polar surface area (TPSA) is 21.3 Å². The first-order valence-corrected chi connectivity index (χ1v) is 2.61. The van der Waals surface area contributed by atoms with Crippen molar-refractivity contribution in [1.29, 1.82) is 0 Å². The van der Waals surface area contributed by atoms with Crippen molar-refractivity contribution in [2.75, 3.05) is 13.7 Å². The lowest BCUT2D eigenvalue weighted by molar-refractivity contribution is 0.0231. The van der Waals surface area contributed by atoms with Crippen LogP contribution in [0.2, 0.25) is 0 Å². The molecular weight excluding hydrogens is 126 g/mol. The fourth-order valence-corrected chi connectivity index (χ4v) is 0.737. The molecule has 3 heteroatoms. The largest absolute Gasteiger partial charge is 0.379 e. The Balaban J connectivity index is 0.000000490. The predicted octanol–water partition coefficient (Wildman–Crippen LogP) is 0.415. The van der Waals surface area contributed by atoms with Crippen molar-refractivity contribution in [2.45, 2.75) is 19.1 Å². The van der Waals surface area contributed by atoms with Crippen LogP contribution < -0.4 is 5.32 Å². The van der Waals surface area contributed by atoms with Gasteiger partial charge in [0.05, 0.1) is 6.10 Å². The Morgan fingerprint density at radius 2 is 2.25 bits per heavy atom. The van der Waals surface area contributed by atoms with E-state index in [0.29, 0.717) is 12.1 Å². The molecule has 0 aromatic carbocycles. The number of halogens is 1. The molecule has 0 aliphatic carbocycles. The summed E-state index contributed by atoms with van der Waals surface area (Å²) in [7, 11) is 1.75. The summed E-state index contributed by atoms with van der Waals surface area (Å²) in [6.07, 6.45) is 0.472. The average Bonchev–Trinajstić information content (AvgIpc) is 1.65. The lowest BCUT2D eigenvalue weighted by atomic mass is 10.1. The molecule has 0 amide bonds. The van der Waals surface area contributed by atoms with Gasteiger partial charge in [0, 0.05) is 19.7 Å². The first-order valence-electron chi connectivity index (χ1n) is 2.61. The zero-order chi connectivity index (χ0) is 5.28. The molecule has 0 saturated carbocycles. The zero-order valence-corrected chi connectivity index (χ0v) is 5.99. The highest BCUT2D eigenvalue weighted by Gasteiger charge is 2.24. The Labute approximate surface area is 56.0 Å². The lowest BCUT2D eigenvalue weighted by Gasteiger charge is -2.33. The predicted molar refractivity (Wildman–Crippen MR) is 35.5 cm³/mol. The Hall–Kier alpha value is 0.210. The summed E-state index contributed by atoms with van der Waals surface area (Å²) < 4.78 is 5.04. The van der Waals surface area contributed by atoms with Crippen LogP contribution in [-0.4, -0.2) is 25.8 Å². The standard InChI is InChI=1S/C5H11NO.ClH/c1-4-5(7-2)3-6-4;/h4-6H,3H2,1-2H3;1H/t4-,5?;/m0./s1. The van der Waals surface area contributed by atoms with Gasteiger partial charge in [-0.15, -0.1) is 12.4 Å². The Morgan fingerprint density at radius 3 is 2.25 bits per heavy atom. The summed E-state index contributed by atoms with van der Waals surface area (Å²) >= 11 is 0. The second-order valence-corrected chi connectivity index (χ2v) is 1.97. The van der Waals surface area contributed by atoms with E-state index >= 15 is 0 Å². The third-order valence-electron chi connectivity index (χ3n) is 1.50. The SMILES string of the molecule is COC1CN[C@H]1C.Cl. The van der Waals surface area contributed by atoms with Crippen molar-refractivity contribution < 1.29 is 4.74 Å². The van der Waals surface area contributed by atoms with Crippen LogP contribution in [0, 0.1) is 0 Å². The molecule has 1 unspecified atom stereocenters. The molecule has 8 heavy (non-hydrogen) atoms. The zero-order valence-electron chi connectivity index (χ0n) is 5.18. The van der Waals surface area contributed by atoms with Crippen molar-refractivity contribution in [3.63, 3.8) is 0 Å². The van der Waals surface area contributed by atoms with E-state index in [4.69, 9.17) is 4.74 Å². The van der Waals surface area contributed by atoms with Crippen molar-refractivity contribution in [3.05, 3.63) is 0 Å². The van der Waals surface area contributed by atoms with Crippen molar-refractivity contribution in [1.82, 2.24) is 5.32 Å². The molecule has 0 radical (unpaired) electrons. The van der Waals surface area contributed by atoms with E-state index in [2.05, 4.69) is 12.2 Å². The smallest absolute Gasteiger partial charge is 0.0845 e. The Bertz CT molecular complexity index is 67.4. The quantitative estimate of drug-likeness (QED) is 0.566. The molecule has 50 valence electrons. The van der Waals surface area contributed by atoms with Crippen molar-refractivity contribution >= 4 is 12.4 Å². The van der Waals surface area contributed by atoms with E-state index in [-0.39, 0.29) is 12.4 Å². The molecule has 1 heterocycles. The molecule has 1 aliphatic heterocycles. The molecule has 2 atom stereocenters. The van der Waals surface area contributed by atoms with E-state index in [1.165, 1.54) is 0 Å². The number of nitrogens with one attached hydrogen (secondary N) is 1. The van der Waals surface area contributed by atoms with Gasteiger partial charge in [-0.05, 0) is 6.92 Å². The van der Waals surface area contributed by atoms with E-state index in [1.807, 2.05) is 0 Å². The first kappa shape index (κ1) is 8.21. The van der Waals surface area contributed by atoms with Crippen molar-refractivity contribution in [3.8, 4) is 0 Å². The first-order chi connectivity index (χ1) is 3.34. The third kappa shape index (κ3) is 1.34. The summed E-state index contributed by atoms with van der Waals surface area (Å²) in [5.74, 6) is 0. The Kier molecular flexibility index (Phi) is 3.36. The minimum atomic E-state index is 0. The van der Waals surface area contributed by atoms with Crippen molar-refractivity contribution in [2.24, 2.45) is 0 Å². The van der Waals surface area contributed by atoms with Gasteiger partial charge in [0.2, 0.25) is 0 Å². The molecule has 1 rings (SSSR count). The summed E-state index contributed by atoms with van der Waals surface area (Å²) in [6, 6.07) is 0.574. The van der Waals surface area contributed by atoms with E-state index in [1.54, 1.807) is 7.11 Å². The number of ether oxygens (including phenoxy) is 1. The van der Waals surface area contributed by atoms with Crippen LogP contribution in [0.1, 0.15) is 6.92 Å². The van der Waals surface area contributed by atoms with Gasteiger partial charge < -0.3 is 10.1 Å². The van der Waals surface area contributed by atoms with Crippen LogP contribution in [0.15, 0.2) is 0 Å². The van der Waals surface area contributed by atoms with Gasteiger partial charge in [-0.3, -0.25) is 0 Å². The van der Waals surface area contributed by atoms with Crippen LogP contribution >= 0.6 is 12.4 Å². The summed E-state index contributed by atoms with van der Waals surface area (Å²) in [5, 5.41) is 3.18. The maximum absolute atomic E-state index is 5.04. The molecule has 0 spiro atoms. The van der Waals surface area contributed by atoms with Gasteiger partial charge in [0.25, 0.3) is 0 Å². The molecule has 1 N–H and O–H groups in total. The van der Waals surface area contributed by atoms with E-state index in [0.717, 1.165) is 6.54 Å². The minimum Gasteiger partial charge on any atom is -0.379 e. The highest BCUT2D eigenvalue weighted by Crippen LogP contribution is 2.04. The molecule has 0 aromatic heterocycles. The molecule has 1 aliphatic rings. The molecule has 1 saturated heterocycles. The minimum absolute atomic E-state index is 0. The van der Waals surface area contributed by atoms with Crippen LogP contribution in [0.25, 0.3) is 0 Å². The normalized spacial score (nSPS) is 35.2. The summed E-state index contributed by atoms with van der Waals surface area (Å²) in [5.41, 5.74) is 0. The van der Waals surface area contributed by atoms with Gasteiger partial charge in [0.15, 0.2) is 0 Å². The van der Waals surface area contributed by atoms with E-state index in [9.17, 15) is 0 Å². The number of methoxy groups -OCH3 is 1. The fraction of sp³-hybridized carbons (Fsp3) is 1.00. The van der Waals surface area contributed by atoms with Crippen LogP contribution in [0.4, 0.5) is 0 Å². The van der Waals surface area contributed by atoms with Gasteiger partial charge in [-0.25, -0.2) is 0 Å². The maximum atomic E-state index is 5.04. The van der Waals surface area contributed by atoms with Gasteiger partial charge >= 0.3 is 0 Å². The van der Waals surface area contributed by atoms with Crippen LogP contribution in [-0.2, 0) is 4.74 Å². The second-order valence-electron chi connectivity index (χ2n) is 1.97. The van der Waals surface area contributed by atoms with Gasteiger partial charge in [-0.1, -0.05) is 0 Å². The van der Waals surface area contributed by atoms with Gasteiger partial charge in [-0.2, -0.15) is 0 Å². The number of rotatable bonds is 1. The maximum Gasteiger partial charge on any atom is 0.0845 e. The monoisotopic (exact) mass is 137 g/mol. The highest BCUT2D eigenvalue weighted by molar-refractivity contribution is 5.85. The molecule has 0 bridgehead atoms. The van der Waals surface area contributed by atoms with E-state index < -0.39 is 0 Å².